The lowest BCUT2D eigenvalue weighted by atomic mass is 10.1. The number of pyridine rings is 1. The van der Waals surface area contributed by atoms with Gasteiger partial charge in [0.2, 0.25) is 5.82 Å². The number of likely N-dealkylation sites (N-methyl/N-ethyl adjacent to an activating group) is 1. The maximum atomic E-state index is 12.9. The summed E-state index contributed by atoms with van der Waals surface area (Å²) in [6.07, 6.45) is -2.61. The fourth-order valence-corrected chi connectivity index (χ4v) is 3.90. The van der Waals surface area contributed by atoms with Crippen LogP contribution in [0.2, 0.25) is 5.15 Å². The number of aliphatic hydroxyl groups excluding tert-OH is 2. The minimum Gasteiger partial charge on any atom is -0.387 e. The van der Waals surface area contributed by atoms with E-state index in [2.05, 4.69) is 37.1 Å². The standard InChI is InChI=1S/C23H25ClN8O5/c1-11(2)31(22(36)12-6-7-13(24)27-9-12)8-4-5-14-29-19(25)15-20(30-14)32(10-28-15)23-17(34)16(33)18(37-23)21(35)26-3/h6-7,9-11,16-18,23,33-34H,8H2,1-3H3,(H,26,35)(H2,25,29,30)/t16-,17?,18-,23+/m0/s1. The van der Waals surface area contributed by atoms with Crippen molar-refractivity contribution in [3.63, 3.8) is 0 Å². The second-order valence-corrected chi connectivity index (χ2v) is 8.88. The number of anilines is 1. The van der Waals surface area contributed by atoms with Crippen molar-refractivity contribution in [3.8, 4) is 11.8 Å². The van der Waals surface area contributed by atoms with Crippen molar-refractivity contribution in [2.45, 2.75) is 44.4 Å². The van der Waals surface area contributed by atoms with E-state index in [1.807, 2.05) is 13.8 Å². The van der Waals surface area contributed by atoms with E-state index in [0.717, 1.165) is 0 Å². The molecule has 194 valence electrons. The third-order valence-corrected chi connectivity index (χ3v) is 6.00. The Kier molecular flexibility index (Phi) is 7.55. The number of ether oxygens (including phenoxy) is 1. The van der Waals surface area contributed by atoms with Crippen molar-refractivity contribution in [2.24, 2.45) is 0 Å². The number of aliphatic hydroxyl groups is 2. The average molecular weight is 529 g/mol. The molecule has 4 heterocycles. The summed E-state index contributed by atoms with van der Waals surface area (Å²) >= 11 is 5.81. The molecule has 4 atom stereocenters. The van der Waals surface area contributed by atoms with Crippen LogP contribution in [0.1, 0.15) is 36.3 Å². The van der Waals surface area contributed by atoms with Gasteiger partial charge in [-0.15, -0.1) is 0 Å². The van der Waals surface area contributed by atoms with Crippen LogP contribution in [0, 0.1) is 11.8 Å². The van der Waals surface area contributed by atoms with Crippen LogP contribution in [0.5, 0.6) is 0 Å². The molecule has 2 amide bonds. The van der Waals surface area contributed by atoms with E-state index in [0.29, 0.717) is 5.56 Å². The van der Waals surface area contributed by atoms with E-state index >= 15 is 0 Å². The van der Waals surface area contributed by atoms with Crippen LogP contribution >= 0.6 is 11.6 Å². The van der Waals surface area contributed by atoms with Gasteiger partial charge in [0, 0.05) is 19.3 Å². The molecule has 0 bridgehead atoms. The smallest absolute Gasteiger partial charge is 0.256 e. The Morgan fingerprint density at radius 2 is 2.03 bits per heavy atom. The minimum atomic E-state index is -1.46. The highest BCUT2D eigenvalue weighted by Crippen LogP contribution is 2.32. The molecule has 3 aromatic heterocycles. The number of carbonyl (C=O) groups excluding carboxylic acids is 2. The van der Waals surface area contributed by atoms with Gasteiger partial charge in [-0.2, -0.15) is 0 Å². The topological polar surface area (TPSA) is 182 Å². The van der Waals surface area contributed by atoms with Gasteiger partial charge < -0.3 is 30.9 Å². The van der Waals surface area contributed by atoms with Gasteiger partial charge in [0.1, 0.15) is 22.9 Å². The first-order valence-corrected chi connectivity index (χ1v) is 11.6. The Morgan fingerprint density at radius 1 is 1.27 bits per heavy atom. The number of aromatic nitrogens is 5. The average Bonchev–Trinajstić information content (AvgIpc) is 3.42. The third kappa shape index (κ3) is 5.18. The van der Waals surface area contributed by atoms with Crippen LogP contribution < -0.4 is 11.1 Å². The molecule has 3 aromatic rings. The maximum absolute atomic E-state index is 12.9. The lowest BCUT2D eigenvalue weighted by Crippen LogP contribution is -2.41. The normalized spacial score (nSPS) is 21.1. The third-order valence-electron chi connectivity index (χ3n) is 5.77. The second-order valence-electron chi connectivity index (χ2n) is 8.50. The first kappa shape index (κ1) is 26.2. The van der Waals surface area contributed by atoms with Crippen molar-refractivity contribution in [1.82, 2.24) is 34.7 Å². The highest BCUT2D eigenvalue weighted by molar-refractivity contribution is 6.29. The molecule has 0 spiro atoms. The van der Waals surface area contributed by atoms with Crippen molar-refractivity contribution >= 4 is 40.4 Å². The van der Waals surface area contributed by atoms with Gasteiger partial charge in [0.25, 0.3) is 11.8 Å². The van der Waals surface area contributed by atoms with Crippen LogP contribution in [-0.2, 0) is 9.53 Å². The number of imidazole rings is 1. The number of fused-ring (bicyclic) bond motifs is 1. The predicted molar refractivity (Wildman–Crippen MR) is 132 cm³/mol. The van der Waals surface area contributed by atoms with Crippen LogP contribution in [0.15, 0.2) is 24.7 Å². The van der Waals surface area contributed by atoms with Gasteiger partial charge in [-0.25, -0.2) is 19.9 Å². The number of nitrogen functional groups attached to an aromatic ring is 1. The number of rotatable bonds is 5. The predicted octanol–water partition coefficient (Wildman–Crippen LogP) is -0.276. The number of nitrogens with two attached hydrogens (primary N) is 1. The van der Waals surface area contributed by atoms with Gasteiger partial charge in [-0.1, -0.05) is 17.5 Å². The number of amides is 2. The lowest BCUT2D eigenvalue weighted by Gasteiger charge is -2.24. The highest BCUT2D eigenvalue weighted by atomic mass is 35.5. The Morgan fingerprint density at radius 3 is 2.68 bits per heavy atom. The van der Waals surface area contributed by atoms with Crippen LogP contribution in [0.3, 0.4) is 0 Å². The summed E-state index contributed by atoms with van der Waals surface area (Å²) in [5.41, 5.74) is 6.84. The largest absolute Gasteiger partial charge is 0.387 e. The molecule has 0 aromatic carbocycles. The zero-order chi connectivity index (χ0) is 26.9. The van der Waals surface area contributed by atoms with Gasteiger partial charge in [-0.05, 0) is 31.9 Å². The molecule has 1 aliphatic heterocycles. The van der Waals surface area contributed by atoms with E-state index in [-0.39, 0.29) is 46.5 Å². The molecule has 13 nitrogen and oxygen atoms in total. The van der Waals surface area contributed by atoms with Crippen molar-refractivity contribution in [3.05, 3.63) is 41.2 Å². The fourth-order valence-electron chi connectivity index (χ4n) is 3.79. The van der Waals surface area contributed by atoms with E-state index in [1.54, 1.807) is 11.0 Å². The molecule has 0 saturated carbocycles. The van der Waals surface area contributed by atoms with Gasteiger partial charge in [0.15, 0.2) is 23.8 Å². The molecule has 1 saturated heterocycles. The van der Waals surface area contributed by atoms with Crippen LogP contribution in [0.25, 0.3) is 11.2 Å². The van der Waals surface area contributed by atoms with Gasteiger partial charge in [-0.3, -0.25) is 14.2 Å². The Hall–Kier alpha value is -3.83. The molecule has 14 heteroatoms. The Balaban J connectivity index is 1.60. The molecule has 1 fully saturated rings. The Bertz CT molecular complexity index is 1380. The van der Waals surface area contributed by atoms with Gasteiger partial charge in [0.05, 0.1) is 18.4 Å². The summed E-state index contributed by atoms with van der Waals surface area (Å²) in [6, 6.07) is 2.97. The molecule has 1 aliphatic rings. The summed E-state index contributed by atoms with van der Waals surface area (Å²) in [5, 5.41) is 23.4. The van der Waals surface area contributed by atoms with E-state index < -0.39 is 30.4 Å². The van der Waals surface area contributed by atoms with Crippen molar-refractivity contribution < 1.29 is 24.5 Å². The first-order valence-electron chi connectivity index (χ1n) is 11.3. The quantitative estimate of drug-likeness (QED) is 0.254. The summed E-state index contributed by atoms with van der Waals surface area (Å²) in [4.78, 5) is 43.1. The molecule has 0 radical (unpaired) electrons. The molecule has 4 rings (SSSR count). The lowest BCUT2D eigenvalue weighted by molar-refractivity contribution is -0.137. The Labute approximate surface area is 216 Å². The molecular formula is C23H25ClN8O5. The number of nitrogens with one attached hydrogen (secondary N) is 1. The number of carbonyl (C=O) groups is 2. The van der Waals surface area contributed by atoms with E-state index in [9.17, 15) is 19.8 Å². The van der Waals surface area contributed by atoms with Crippen LogP contribution in [-0.4, -0.2) is 89.4 Å². The fraction of sp³-hybridized carbons (Fsp3) is 0.391. The zero-order valence-electron chi connectivity index (χ0n) is 20.2. The number of hydrogen-bond donors (Lipinski definition) is 4. The molecule has 5 N–H and O–H groups in total. The summed E-state index contributed by atoms with van der Waals surface area (Å²) in [5.74, 6) is 4.92. The number of nitrogens with zero attached hydrogens (tertiary/aromatic N) is 6. The number of hydrogen-bond acceptors (Lipinski definition) is 10. The van der Waals surface area contributed by atoms with E-state index in [1.165, 1.54) is 30.2 Å². The first-order chi connectivity index (χ1) is 17.6. The van der Waals surface area contributed by atoms with Crippen LogP contribution in [0.4, 0.5) is 5.82 Å². The summed E-state index contributed by atoms with van der Waals surface area (Å²) < 4.78 is 6.96. The second kappa shape index (κ2) is 10.7. The monoisotopic (exact) mass is 528 g/mol. The molecule has 1 unspecified atom stereocenters. The zero-order valence-corrected chi connectivity index (χ0v) is 20.9. The van der Waals surface area contributed by atoms with E-state index in [4.69, 9.17) is 22.1 Å². The van der Waals surface area contributed by atoms with Gasteiger partial charge >= 0.3 is 0 Å². The number of halogens is 1. The molecular weight excluding hydrogens is 504 g/mol. The summed E-state index contributed by atoms with van der Waals surface area (Å²) in [7, 11) is 1.39. The highest BCUT2D eigenvalue weighted by Gasteiger charge is 2.47. The molecule has 0 aliphatic carbocycles. The maximum Gasteiger partial charge on any atom is 0.256 e. The summed E-state index contributed by atoms with van der Waals surface area (Å²) in [6.45, 7) is 3.79. The minimum absolute atomic E-state index is 0.0352. The SMILES string of the molecule is CNC(=O)[C@H]1O[C@@H](n2cnc3c(N)nc(C#CCN(C(=O)c4ccc(Cl)nc4)C(C)C)nc32)C(O)[C@@H]1O. The molecule has 37 heavy (non-hydrogen) atoms. The van der Waals surface area contributed by atoms with Crippen molar-refractivity contribution in [2.75, 3.05) is 19.3 Å². The van der Waals surface area contributed by atoms with Crippen molar-refractivity contribution in [1.29, 1.82) is 0 Å².